The van der Waals surface area contributed by atoms with Gasteiger partial charge in [-0.15, -0.1) is 11.8 Å². The Balaban J connectivity index is 2.11. The molecule has 6 nitrogen and oxygen atoms in total. The Labute approximate surface area is 128 Å². The molecule has 1 rings (SSSR count). The van der Waals surface area contributed by atoms with E-state index >= 15 is 0 Å². The van der Waals surface area contributed by atoms with Gasteiger partial charge in [-0.1, -0.05) is 11.6 Å². The summed E-state index contributed by atoms with van der Waals surface area (Å²) in [6, 6.07) is -0.951. The second-order valence-electron chi connectivity index (χ2n) is 4.90. The van der Waals surface area contributed by atoms with Gasteiger partial charge in [0.25, 0.3) is 0 Å². The molecule has 1 aliphatic rings. The second kappa shape index (κ2) is 10.3. The van der Waals surface area contributed by atoms with Gasteiger partial charge in [0.1, 0.15) is 6.04 Å². The van der Waals surface area contributed by atoms with Crippen molar-refractivity contribution in [2.24, 2.45) is 0 Å². The monoisotopic (exact) mass is 314 g/mol. The lowest BCUT2D eigenvalue weighted by Crippen LogP contribution is -2.38. The quantitative estimate of drug-likeness (QED) is 0.412. The van der Waals surface area contributed by atoms with Crippen molar-refractivity contribution in [1.29, 1.82) is 0 Å². The Kier molecular flexibility index (Phi) is 8.57. The van der Waals surface area contributed by atoms with Crippen molar-refractivity contribution in [3.63, 3.8) is 0 Å². The molecule has 0 saturated carbocycles. The number of carbonyl (C=O) groups excluding carboxylic acids is 2. The van der Waals surface area contributed by atoms with Gasteiger partial charge in [0.15, 0.2) is 0 Å². The number of nitrogens with one attached hydrogen (secondary N) is 2. The van der Waals surface area contributed by atoms with E-state index < -0.39 is 12.0 Å². The minimum Gasteiger partial charge on any atom is -0.480 e. The number of amides is 2. The molecule has 0 saturated heterocycles. The van der Waals surface area contributed by atoms with Gasteiger partial charge in [-0.25, -0.2) is 4.79 Å². The number of thioether (sulfide) groups is 1. The van der Waals surface area contributed by atoms with Crippen LogP contribution in [0.5, 0.6) is 0 Å². The lowest BCUT2D eigenvalue weighted by molar-refractivity contribution is -0.139. The zero-order valence-corrected chi connectivity index (χ0v) is 12.8. The van der Waals surface area contributed by atoms with Crippen LogP contribution in [0.4, 0.5) is 0 Å². The van der Waals surface area contributed by atoms with Crippen molar-refractivity contribution < 1.29 is 19.5 Å². The number of hydrogen-bond acceptors (Lipinski definition) is 4. The number of carbonyl (C=O) groups is 3. The van der Waals surface area contributed by atoms with Gasteiger partial charge in [0.2, 0.25) is 12.3 Å². The second-order valence-corrected chi connectivity index (χ2v) is 5.93. The minimum absolute atomic E-state index is 0.105. The summed E-state index contributed by atoms with van der Waals surface area (Å²) in [7, 11) is 0. The van der Waals surface area contributed by atoms with Crippen LogP contribution in [0.2, 0.25) is 0 Å². The molecule has 1 atom stereocenters. The zero-order valence-electron chi connectivity index (χ0n) is 12.0. The van der Waals surface area contributed by atoms with Crippen LogP contribution < -0.4 is 10.6 Å². The largest absolute Gasteiger partial charge is 0.480 e. The van der Waals surface area contributed by atoms with Crippen molar-refractivity contribution in [2.75, 3.05) is 18.1 Å². The van der Waals surface area contributed by atoms with Crippen LogP contribution in [-0.4, -0.2) is 47.5 Å². The maximum Gasteiger partial charge on any atom is 0.327 e. The molecule has 118 valence electrons. The fourth-order valence-electron chi connectivity index (χ4n) is 2.09. The first-order valence-electron chi connectivity index (χ1n) is 7.08. The van der Waals surface area contributed by atoms with Crippen molar-refractivity contribution in [1.82, 2.24) is 10.6 Å². The molecular formula is C14H22N2O4S. The number of carboxylic acid groups (broad SMARTS) is 1. The Morgan fingerprint density at radius 2 is 2.24 bits per heavy atom. The molecular weight excluding hydrogens is 292 g/mol. The topological polar surface area (TPSA) is 95.5 Å². The number of aliphatic carboxylic acids is 1. The Morgan fingerprint density at radius 1 is 1.43 bits per heavy atom. The third-order valence-corrected chi connectivity index (χ3v) is 4.27. The smallest absolute Gasteiger partial charge is 0.327 e. The molecule has 3 N–H and O–H groups in total. The van der Waals surface area contributed by atoms with Crippen LogP contribution in [0.15, 0.2) is 11.6 Å². The summed E-state index contributed by atoms with van der Waals surface area (Å²) in [5.74, 6) is -0.832. The van der Waals surface area contributed by atoms with Crippen LogP contribution in [0.3, 0.4) is 0 Å². The molecule has 2 amide bonds. The average molecular weight is 314 g/mol. The number of hydrogen-bond donors (Lipinski definition) is 3. The summed E-state index contributed by atoms with van der Waals surface area (Å²) in [6.45, 7) is 0.625. The first-order chi connectivity index (χ1) is 10.1. The molecule has 0 radical (unpaired) electrons. The number of allylic oxidation sites excluding steroid dienone is 1. The molecule has 0 bridgehead atoms. The lowest BCUT2D eigenvalue weighted by Gasteiger charge is -2.13. The number of rotatable bonds is 10. The minimum atomic E-state index is -1.10. The van der Waals surface area contributed by atoms with Crippen LogP contribution >= 0.6 is 11.8 Å². The summed E-state index contributed by atoms with van der Waals surface area (Å²) in [6.07, 6.45) is 8.26. The molecule has 0 aromatic heterocycles. The summed E-state index contributed by atoms with van der Waals surface area (Å²) in [5.41, 5.74) is 1.41. The molecule has 21 heavy (non-hydrogen) atoms. The molecule has 0 fully saturated rings. The van der Waals surface area contributed by atoms with Crippen molar-refractivity contribution >= 4 is 30.0 Å². The van der Waals surface area contributed by atoms with Crippen molar-refractivity contribution in [2.45, 2.75) is 38.1 Å². The first kappa shape index (κ1) is 17.6. The maximum atomic E-state index is 11.6. The van der Waals surface area contributed by atoms with Crippen molar-refractivity contribution in [3.05, 3.63) is 11.6 Å². The highest BCUT2D eigenvalue weighted by atomic mass is 32.2. The van der Waals surface area contributed by atoms with Crippen LogP contribution in [0.1, 0.15) is 32.1 Å². The van der Waals surface area contributed by atoms with E-state index in [1.54, 1.807) is 0 Å². The van der Waals surface area contributed by atoms with Gasteiger partial charge in [0, 0.05) is 12.3 Å². The van der Waals surface area contributed by atoms with E-state index in [0.717, 1.165) is 19.3 Å². The van der Waals surface area contributed by atoms with E-state index in [1.165, 1.54) is 30.2 Å². The fraction of sp³-hybridized carbons (Fsp3) is 0.643. The summed E-state index contributed by atoms with van der Waals surface area (Å²) >= 11 is 1.19. The van der Waals surface area contributed by atoms with E-state index in [9.17, 15) is 14.4 Å². The summed E-state index contributed by atoms with van der Waals surface area (Å²) in [4.78, 5) is 32.6. The van der Waals surface area contributed by atoms with Gasteiger partial charge < -0.3 is 15.7 Å². The van der Waals surface area contributed by atoms with E-state index in [2.05, 4.69) is 16.7 Å². The summed E-state index contributed by atoms with van der Waals surface area (Å²) < 4.78 is 0. The first-order valence-corrected chi connectivity index (χ1v) is 8.24. The molecule has 0 aliphatic heterocycles. The van der Waals surface area contributed by atoms with Crippen LogP contribution in [0, 0.1) is 0 Å². The van der Waals surface area contributed by atoms with Gasteiger partial charge in [-0.3, -0.25) is 9.59 Å². The Hall–Kier alpha value is -1.50. The maximum absolute atomic E-state index is 11.6. The molecule has 0 heterocycles. The fourth-order valence-corrected chi connectivity index (χ4v) is 2.97. The molecule has 0 spiro atoms. The normalized spacial score (nSPS) is 15.7. The predicted octanol–water partition coefficient (Wildman–Crippen LogP) is 0.925. The van der Waals surface area contributed by atoms with E-state index in [1.807, 2.05) is 0 Å². The summed E-state index contributed by atoms with van der Waals surface area (Å²) in [5, 5.41) is 13.8. The Morgan fingerprint density at radius 3 is 2.86 bits per heavy atom. The molecule has 1 unspecified atom stereocenters. The SMILES string of the molecule is O=CNC(CSCC(=O)NCCC1=CCCCC1)C(=O)O. The highest BCUT2D eigenvalue weighted by Gasteiger charge is 2.16. The van der Waals surface area contributed by atoms with Gasteiger partial charge in [-0.05, 0) is 32.1 Å². The molecule has 0 aromatic rings. The van der Waals surface area contributed by atoms with E-state index in [4.69, 9.17) is 5.11 Å². The third-order valence-electron chi connectivity index (χ3n) is 3.24. The average Bonchev–Trinajstić information content (AvgIpc) is 2.47. The van der Waals surface area contributed by atoms with Gasteiger partial charge in [-0.2, -0.15) is 0 Å². The highest BCUT2D eigenvalue weighted by Crippen LogP contribution is 2.19. The van der Waals surface area contributed by atoms with Gasteiger partial charge in [0.05, 0.1) is 5.75 Å². The van der Waals surface area contributed by atoms with Crippen molar-refractivity contribution in [3.8, 4) is 0 Å². The number of carboxylic acids is 1. The highest BCUT2D eigenvalue weighted by molar-refractivity contribution is 8.00. The Bertz CT molecular complexity index is 398. The van der Waals surface area contributed by atoms with E-state index in [-0.39, 0.29) is 17.4 Å². The molecule has 7 heteroatoms. The van der Waals surface area contributed by atoms with E-state index in [0.29, 0.717) is 13.0 Å². The standard InChI is InChI=1S/C14H22N2O4S/c17-10-16-12(14(19)20)8-21-9-13(18)15-7-6-11-4-2-1-3-5-11/h4,10,12H,1-3,5-9H2,(H,15,18)(H,16,17)(H,19,20). The van der Waals surface area contributed by atoms with Crippen LogP contribution in [0.25, 0.3) is 0 Å². The van der Waals surface area contributed by atoms with Crippen LogP contribution in [-0.2, 0) is 14.4 Å². The zero-order chi connectivity index (χ0) is 15.5. The third kappa shape index (κ3) is 7.75. The van der Waals surface area contributed by atoms with Gasteiger partial charge >= 0.3 is 5.97 Å². The predicted molar refractivity (Wildman–Crippen MR) is 82.1 cm³/mol. The lowest BCUT2D eigenvalue weighted by atomic mass is 9.97. The molecule has 0 aromatic carbocycles. The molecule has 1 aliphatic carbocycles.